The summed E-state index contributed by atoms with van der Waals surface area (Å²) in [5.41, 5.74) is 2.39. The summed E-state index contributed by atoms with van der Waals surface area (Å²) in [7, 11) is 1.67. The Hall–Kier alpha value is -1.02. The van der Waals surface area contributed by atoms with E-state index in [1.165, 1.54) is 18.4 Å². The predicted octanol–water partition coefficient (Wildman–Crippen LogP) is 2.48. The number of hydrogen-bond acceptors (Lipinski definition) is 2. The molecule has 1 fully saturated rings. The van der Waals surface area contributed by atoms with Crippen LogP contribution >= 0.6 is 0 Å². The van der Waals surface area contributed by atoms with Gasteiger partial charge in [0.15, 0.2) is 0 Å². The number of hydrogen-bond donors (Lipinski definition) is 1. The average molecular weight is 205 g/mol. The normalized spacial score (nSPS) is 17.5. The largest absolute Gasteiger partial charge is 0.497 e. The molecule has 0 saturated heterocycles. The van der Waals surface area contributed by atoms with Crippen LogP contribution in [0.3, 0.4) is 0 Å². The summed E-state index contributed by atoms with van der Waals surface area (Å²) in [6, 6.07) is 6.19. The maximum atomic E-state index is 9.09. The average Bonchev–Trinajstić information content (AvgIpc) is 3.11. The van der Waals surface area contributed by atoms with Crippen molar-refractivity contribution in [2.45, 2.75) is 24.7 Å². The first kappa shape index (κ1) is 10.5. The quantitative estimate of drug-likeness (QED) is 0.818. The molecular formula is C13H17O2. The van der Waals surface area contributed by atoms with Crippen LogP contribution in [-0.4, -0.2) is 18.8 Å². The Morgan fingerprint density at radius 1 is 1.47 bits per heavy atom. The summed E-state index contributed by atoms with van der Waals surface area (Å²) >= 11 is 0. The second-order valence-electron chi connectivity index (χ2n) is 4.19. The van der Waals surface area contributed by atoms with Crippen molar-refractivity contribution in [1.82, 2.24) is 0 Å². The standard InChI is InChI=1S/C13H17O2/c1-9(8-14)11-5-12(10-3-4-10)7-13(6-11)15-2/h5-7,9-10,14H,1,3-4,8H2,2H3. The van der Waals surface area contributed by atoms with Gasteiger partial charge in [0.1, 0.15) is 5.75 Å². The van der Waals surface area contributed by atoms with Crippen molar-refractivity contribution in [2.24, 2.45) is 0 Å². The molecule has 1 radical (unpaired) electrons. The molecule has 1 N–H and O–H groups in total. The first-order valence-corrected chi connectivity index (χ1v) is 5.37. The highest BCUT2D eigenvalue weighted by Crippen LogP contribution is 2.42. The Morgan fingerprint density at radius 2 is 2.20 bits per heavy atom. The molecule has 0 bridgehead atoms. The topological polar surface area (TPSA) is 29.5 Å². The maximum Gasteiger partial charge on any atom is 0.119 e. The molecular weight excluding hydrogens is 188 g/mol. The van der Waals surface area contributed by atoms with Gasteiger partial charge in [0.2, 0.25) is 0 Å². The van der Waals surface area contributed by atoms with Crippen LogP contribution in [0.1, 0.15) is 35.8 Å². The molecule has 0 aliphatic heterocycles. The molecule has 1 aromatic rings. The molecule has 1 atom stereocenters. The second-order valence-corrected chi connectivity index (χ2v) is 4.19. The number of benzene rings is 1. The molecule has 1 saturated carbocycles. The summed E-state index contributed by atoms with van der Waals surface area (Å²) in [5, 5.41) is 9.09. The van der Waals surface area contributed by atoms with E-state index in [1.807, 2.05) is 6.07 Å². The van der Waals surface area contributed by atoms with Crippen LogP contribution in [0.4, 0.5) is 0 Å². The van der Waals surface area contributed by atoms with Crippen molar-refractivity contribution in [3.8, 4) is 5.75 Å². The molecule has 0 amide bonds. The van der Waals surface area contributed by atoms with Gasteiger partial charge < -0.3 is 9.84 Å². The number of ether oxygens (including phenoxy) is 1. The molecule has 2 heteroatoms. The molecule has 1 aromatic carbocycles. The monoisotopic (exact) mass is 205 g/mol. The highest BCUT2D eigenvalue weighted by atomic mass is 16.5. The van der Waals surface area contributed by atoms with Gasteiger partial charge in [-0.3, -0.25) is 0 Å². The zero-order valence-electron chi connectivity index (χ0n) is 9.07. The highest BCUT2D eigenvalue weighted by Gasteiger charge is 2.24. The summed E-state index contributed by atoms with van der Waals surface area (Å²) in [6.07, 6.45) is 2.54. The molecule has 2 rings (SSSR count). The van der Waals surface area contributed by atoms with Gasteiger partial charge in [-0.05, 0) is 48.9 Å². The van der Waals surface area contributed by atoms with Crippen LogP contribution in [0.5, 0.6) is 5.75 Å². The Labute approximate surface area is 90.9 Å². The maximum absolute atomic E-state index is 9.09. The molecule has 1 aliphatic rings. The highest BCUT2D eigenvalue weighted by molar-refractivity contribution is 5.39. The Balaban J connectivity index is 2.32. The SMILES string of the molecule is [CH2]C(CO)c1cc(OC)cc(C2CC2)c1. The third kappa shape index (κ3) is 2.32. The fraction of sp³-hybridized carbons (Fsp3) is 0.462. The summed E-state index contributed by atoms with van der Waals surface area (Å²) in [5.74, 6) is 1.51. The number of methoxy groups -OCH3 is 1. The van der Waals surface area contributed by atoms with E-state index in [0.29, 0.717) is 5.92 Å². The molecule has 0 aromatic heterocycles. The van der Waals surface area contributed by atoms with Crippen LogP contribution in [-0.2, 0) is 0 Å². The van der Waals surface area contributed by atoms with E-state index in [9.17, 15) is 0 Å². The lowest BCUT2D eigenvalue weighted by molar-refractivity contribution is 0.282. The molecule has 15 heavy (non-hydrogen) atoms. The Morgan fingerprint density at radius 3 is 2.73 bits per heavy atom. The Bertz CT molecular complexity index is 342. The van der Waals surface area contributed by atoms with Gasteiger partial charge in [-0.15, -0.1) is 0 Å². The van der Waals surface area contributed by atoms with Gasteiger partial charge in [0.05, 0.1) is 7.11 Å². The number of aliphatic hydroxyl groups excluding tert-OH is 1. The minimum absolute atomic E-state index is 0.0578. The minimum Gasteiger partial charge on any atom is -0.497 e. The molecule has 1 unspecified atom stereocenters. The predicted molar refractivity (Wildman–Crippen MR) is 60.2 cm³/mol. The van der Waals surface area contributed by atoms with Crippen molar-refractivity contribution >= 4 is 0 Å². The summed E-state index contributed by atoms with van der Waals surface area (Å²) in [6.45, 7) is 4.00. The molecule has 0 heterocycles. The number of rotatable bonds is 4. The molecule has 2 nitrogen and oxygen atoms in total. The van der Waals surface area contributed by atoms with Crippen LogP contribution in [0, 0.1) is 6.92 Å². The van der Waals surface area contributed by atoms with Crippen molar-refractivity contribution in [3.63, 3.8) is 0 Å². The second kappa shape index (κ2) is 4.23. The lowest BCUT2D eigenvalue weighted by Crippen LogP contribution is -2.00. The first-order valence-electron chi connectivity index (χ1n) is 5.37. The van der Waals surface area contributed by atoms with Gasteiger partial charge in [0.25, 0.3) is 0 Å². The smallest absolute Gasteiger partial charge is 0.119 e. The third-order valence-corrected chi connectivity index (χ3v) is 2.93. The van der Waals surface area contributed by atoms with Gasteiger partial charge in [-0.1, -0.05) is 6.07 Å². The first-order chi connectivity index (χ1) is 7.24. The zero-order chi connectivity index (χ0) is 10.8. The molecule has 1 aliphatic carbocycles. The van der Waals surface area contributed by atoms with Crippen molar-refractivity contribution in [3.05, 3.63) is 36.2 Å². The number of aliphatic hydroxyl groups is 1. The summed E-state index contributed by atoms with van der Waals surface area (Å²) in [4.78, 5) is 0. The zero-order valence-corrected chi connectivity index (χ0v) is 9.07. The summed E-state index contributed by atoms with van der Waals surface area (Å²) < 4.78 is 5.26. The van der Waals surface area contributed by atoms with E-state index in [-0.39, 0.29) is 12.5 Å². The van der Waals surface area contributed by atoms with Crippen LogP contribution in [0.15, 0.2) is 18.2 Å². The van der Waals surface area contributed by atoms with Crippen molar-refractivity contribution in [1.29, 1.82) is 0 Å². The van der Waals surface area contributed by atoms with Gasteiger partial charge in [-0.25, -0.2) is 0 Å². The minimum atomic E-state index is -0.0578. The van der Waals surface area contributed by atoms with E-state index in [4.69, 9.17) is 9.84 Å². The van der Waals surface area contributed by atoms with Gasteiger partial charge in [0, 0.05) is 12.5 Å². The van der Waals surface area contributed by atoms with E-state index in [0.717, 1.165) is 11.3 Å². The third-order valence-electron chi connectivity index (χ3n) is 2.93. The molecule has 81 valence electrons. The fourth-order valence-electron chi connectivity index (χ4n) is 1.76. The van der Waals surface area contributed by atoms with E-state index in [2.05, 4.69) is 19.1 Å². The fourth-order valence-corrected chi connectivity index (χ4v) is 1.76. The van der Waals surface area contributed by atoms with Crippen LogP contribution in [0.2, 0.25) is 0 Å². The van der Waals surface area contributed by atoms with E-state index >= 15 is 0 Å². The van der Waals surface area contributed by atoms with Crippen LogP contribution < -0.4 is 4.74 Å². The van der Waals surface area contributed by atoms with E-state index < -0.39 is 0 Å². The molecule has 0 spiro atoms. The van der Waals surface area contributed by atoms with Crippen molar-refractivity contribution in [2.75, 3.05) is 13.7 Å². The van der Waals surface area contributed by atoms with Crippen molar-refractivity contribution < 1.29 is 9.84 Å². The Kier molecular flexibility index (Phi) is 2.96. The lowest BCUT2D eigenvalue weighted by atomic mass is 9.98. The van der Waals surface area contributed by atoms with Crippen LogP contribution in [0.25, 0.3) is 0 Å². The van der Waals surface area contributed by atoms with E-state index in [1.54, 1.807) is 7.11 Å². The van der Waals surface area contributed by atoms with Gasteiger partial charge in [-0.2, -0.15) is 0 Å². The van der Waals surface area contributed by atoms with Gasteiger partial charge >= 0.3 is 0 Å². The lowest BCUT2D eigenvalue weighted by Gasteiger charge is -2.12.